The zero-order valence-corrected chi connectivity index (χ0v) is 11.9. The minimum atomic E-state index is -2.94. The van der Waals surface area contributed by atoms with Crippen LogP contribution >= 0.6 is 0 Å². The summed E-state index contributed by atoms with van der Waals surface area (Å²) in [5, 5.41) is 7.35. The third-order valence-electron chi connectivity index (χ3n) is 3.32. The highest BCUT2D eigenvalue weighted by Crippen LogP contribution is 2.14. The van der Waals surface area contributed by atoms with E-state index in [1.54, 1.807) is 6.07 Å². The van der Waals surface area contributed by atoms with Crippen LogP contribution in [0.15, 0.2) is 18.2 Å². The second kappa shape index (κ2) is 5.88. The summed E-state index contributed by atoms with van der Waals surface area (Å²) in [6.45, 7) is 1.59. The summed E-state index contributed by atoms with van der Waals surface area (Å²) in [5.41, 5.74) is 6.42. The fourth-order valence-electron chi connectivity index (χ4n) is 2.30. The molecular formula is C13H18FN3O2S. The Balaban J connectivity index is 2.12. The molecule has 110 valence electrons. The van der Waals surface area contributed by atoms with E-state index >= 15 is 0 Å². The van der Waals surface area contributed by atoms with Gasteiger partial charge in [-0.1, -0.05) is 0 Å². The first-order valence-corrected chi connectivity index (χ1v) is 8.24. The van der Waals surface area contributed by atoms with Gasteiger partial charge >= 0.3 is 0 Å². The summed E-state index contributed by atoms with van der Waals surface area (Å²) in [7, 11) is -2.94. The van der Waals surface area contributed by atoms with E-state index in [1.807, 2.05) is 4.90 Å². The van der Waals surface area contributed by atoms with E-state index in [4.69, 9.17) is 11.1 Å². The minimum absolute atomic E-state index is 0.141. The second-order valence-corrected chi connectivity index (χ2v) is 7.35. The minimum Gasteiger partial charge on any atom is -0.384 e. The number of hydrogen-bond acceptors (Lipinski definition) is 4. The van der Waals surface area contributed by atoms with Crippen molar-refractivity contribution in [2.45, 2.75) is 13.0 Å². The molecule has 0 amide bonds. The molecular weight excluding hydrogens is 281 g/mol. The molecule has 1 aromatic carbocycles. The normalized spacial score (nSPS) is 19.4. The molecule has 3 N–H and O–H groups in total. The lowest BCUT2D eigenvalue weighted by Crippen LogP contribution is -2.27. The maximum Gasteiger partial charge on any atom is 0.151 e. The van der Waals surface area contributed by atoms with Gasteiger partial charge in [0.05, 0.1) is 11.5 Å². The van der Waals surface area contributed by atoms with E-state index in [2.05, 4.69) is 0 Å². The molecule has 1 fully saturated rings. The molecule has 1 aliphatic heterocycles. The Kier molecular flexibility index (Phi) is 4.39. The van der Waals surface area contributed by atoms with Crippen LogP contribution < -0.4 is 5.73 Å². The van der Waals surface area contributed by atoms with Crippen molar-refractivity contribution >= 4 is 15.7 Å². The summed E-state index contributed by atoms with van der Waals surface area (Å²) < 4.78 is 36.5. The summed E-state index contributed by atoms with van der Waals surface area (Å²) in [6, 6.07) is 4.29. The monoisotopic (exact) mass is 299 g/mol. The van der Waals surface area contributed by atoms with Crippen LogP contribution in [0.4, 0.5) is 4.39 Å². The second-order valence-electron chi connectivity index (χ2n) is 5.04. The number of sulfone groups is 1. The number of hydrogen-bond donors (Lipinski definition) is 2. The van der Waals surface area contributed by atoms with Gasteiger partial charge < -0.3 is 5.73 Å². The molecule has 0 radical (unpaired) electrons. The molecule has 2 rings (SSSR count). The number of halogens is 1. The Morgan fingerprint density at radius 3 is 2.75 bits per heavy atom. The molecule has 0 atom stereocenters. The lowest BCUT2D eigenvalue weighted by atomic mass is 10.1. The number of nitrogens with one attached hydrogen (secondary N) is 1. The third kappa shape index (κ3) is 4.01. The number of rotatable bonds is 3. The van der Waals surface area contributed by atoms with Gasteiger partial charge in [-0.25, -0.2) is 12.8 Å². The average Bonchev–Trinajstić information content (AvgIpc) is 2.50. The molecule has 20 heavy (non-hydrogen) atoms. The van der Waals surface area contributed by atoms with E-state index in [-0.39, 0.29) is 17.3 Å². The maximum absolute atomic E-state index is 13.5. The Bertz CT molecular complexity index is 616. The summed E-state index contributed by atoms with van der Waals surface area (Å²) in [4.78, 5) is 1.99. The number of nitrogen functional groups attached to an aromatic ring is 1. The fraction of sp³-hybridized carbons (Fsp3) is 0.462. The van der Waals surface area contributed by atoms with Gasteiger partial charge in [0.2, 0.25) is 0 Å². The smallest absolute Gasteiger partial charge is 0.151 e. The standard InChI is InChI=1S/C13H18FN3O2S/c14-12-7-10(6-11(8-12)13(15)16)9-17-2-1-4-20(18,19)5-3-17/h6-8H,1-5,9H2,(H3,15,16). The van der Waals surface area contributed by atoms with Gasteiger partial charge in [0.15, 0.2) is 9.84 Å². The van der Waals surface area contributed by atoms with E-state index in [1.165, 1.54) is 12.1 Å². The van der Waals surface area contributed by atoms with E-state index in [0.29, 0.717) is 37.2 Å². The molecule has 5 nitrogen and oxygen atoms in total. The van der Waals surface area contributed by atoms with Crippen molar-refractivity contribution in [3.05, 3.63) is 35.1 Å². The molecule has 0 saturated carbocycles. The Morgan fingerprint density at radius 1 is 1.30 bits per heavy atom. The molecule has 7 heteroatoms. The molecule has 1 aromatic rings. The van der Waals surface area contributed by atoms with Crippen LogP contribution in [0, 0.1) is 11.2 Å². The van der Waals surface area contributed by atoms with Gasteiger partial charge in [0.1, 0.15) is 11.7 Å². The SMILES string of the molecule is N=C(N)c1cc(F)cc(CN2CCCS(=O)(=O)CC2)c1. The highest BCUT2D eigenvalue weighted by Gasteiger charge is 2.19. The van der Waals surface area contributed by atoms with Crippen molar-refractivity contribution in [3.63, 3.8) is 0 Å². The fourth-order valence-corrected chi connectivity index (χ4v) is 3.61. The zero-order valence-electron chi connectivity index (χ0n) is 11.1. The van der Waals surface area contributed by atoms with Gasteiger partial charge in [0, 0.05) is 18.7 Å². The largest absolute Gasteiger partial charge is 0.384 e. The van der Waals surface area contributed by atoms with Crippen LogP contribution in [0.1, 0.15) is 17.5 Å². The lowest BCUT2D eigenvalue weighted by molar-refractivity contribution is 0.287. The zero-order chi connectivity index (χ0) is 14.8. The molecule has 0 unspecified atom stereocenters. The summed E-state index contributed by atoms with van der Waals surface area (Å²) >= 11 is 0. The van der Waals surface area contributed by atoms with Crippen molar-refractivity contribution in [2.24, 2.45) is 5.73 Å². The predicted molar refractivity (Wildman–Crippen MR) is 76.0 cm³/mol. The van der Waals surface area contributed by atoms with Crippen LogP contribution in [-0.4, -0.2) is 43.7 Å². The highest BCUT2D eigenvalue weighted by atomic mass is 32.2. The Morgan fingerprint density at radius 2 is 2.05 bits per heavy atom. The van der Waals surface area contributed by atoms with E-state index < -0.39 is 15.7 Å². The van der Waals surface area contributed by atoms with Crippen LogP contribution in [0.25, 0.3) is 0 Å². The van der Waals surface area contributed by atoms with Crippen molar-refractivity contribution in [3.8, 4) is 0 Å². The molecule has 0 spiro atoms. The Labute approximate surface area is 118 Å². The molecule has 1 aliphatic rings. The van der Waals surface area contributed by atoms with Gasteiger partial charge in [-0.05, 0) is 36.7 Å². The van der Waals surface area contributed by atoms with Gasteiger partial charge in [-0.15, -0.1) is 0 Å². The van der Waals surface area contributed by atoms with Gasteiger partial charge in [-0.3, -0.25) is 10.3 Å². The molecule has 1 saturated heterocycles. The lowest BCUT2D eigenvalue weighted by Gasteiger charge is -2.19. The van der Waals surface area contributed by atoms with Crippen molar-refractivity contribution < 1.29 is 12.8 Å². The highest BCUT2D eigenvalue weighted by molar-refractivity contribution is 7.91. The Hall–Kier alpha value is -1.47. The third-order valence-corrected chi connectivity index (χ3v) is 5.04. The van der Waals surface area contributed by atoms with Crippen molar-refractivity contribution in [1.82, 2.24) is 4.90 Å². The van der Waals surface area contributed by atoms with Gasteiger partial charge in [0.25, 0.3) is 0 Å². The maximum atomic E-state index is 13.5. The van der Waals surface area contributed by atoms with Crippen molar-refractivity contribution in [2.75, 3.05) is 24.6 Å². The van der Waals surface area contributed by atoms with Gasteiger partial charge in [-0.2, -0.15) is 0 Å². The van der Waals surface area contributed by atoms with E-state index in [9.17, 15) is 12.8 Å². The first kappa shape index (κ1) is 14.9. The molecule has 0 aromatic heterocycles. The molecule has 1 heterocycles. The van der Waals surface area contributed by atoms with Crippen LogP contribution in [0.3, 0.4) is 0 Å². The topological polar surface area (TPSA) is 87.2 Å². The summed E-state index contributed by atoms with van der Waals surface area (Å²) in [5.74, 6) is -0.257. The predicted octanol–water partition coefficient (Wildman–Crippen LogP) is 0.730. The average molecular weight is 299 g/mol. The van der Waals surface area contributed by atoms with E-state index in [0.717, 1.165) is 0 Å². The number of benzene rings is 1. The first-order valence-electron chi connectivity index (χ1n) is 6.42. The number of nitrogens with two attached hydrogens (primary N) is 1. The molecule has 0 aliphatic carbocycles. The molecule has 0 bridgehead atoms. The number of nitrogens with zero attached hydrogens (tertiary/aromatic N) is 1. The quantitative estimate of drug-likeness (QED) is 0.636. The van der Waals surface area contributed by atoms with Crippen molar-refractivity contribution in [1.29, 1.82) is 5.41 Å². The first-order chi connectivity index (χ1) is 9.35. The number of amidine groups is 1. The summed E-state index contributed by atoms with van der Waals surface area (Å²) in [6.07, 6.45) is 0.594. The van der Waals surface area contributed by atoms with Crippen LogP contribution in [-0.2, 0) is 16.4 Å². The van der Waals surface area contributed by atoms with Crippen LogP contribution in [0.2, 0.25) is 0 Å². The van der Waals surface area contributed by atoms with Crippen LogP contribution in [0.5, 0.6) is 0 Å².